The van der Waals surface area contributed by atoms with Crippen molar-refractivity contribution < 1.29 is 29.1 Å². The molecule has 0 aromatic rings. The molecule has 0 saturated heterocycles. The lowest BCUT2D eigenvalue weighted by molar-refractivity contribution is -0.138. The number of nitrogens with two attached hydrogens (primary N) is 3. The highest BCUT2D eigenvalue weighted by Crippen LogP contribution is 2.02. The van der Waals surface area contributed by atoms with Gasteiger partial charge in [-0.3, -0.25) is 24.0 Å². The standard InChI is InChI=1S/C16H30N6O6/c1-9(14(26)20-8-13(24)25)21-16(28)11(5-6-12(19)23)22-15(27)10(18)4-2-3-7-17/h9-11H,2-8,17-18H2,1H3,(H2,19,23)(H,20,26)(H,21,28)(H,22,27)(H,24,25). The van der Waals surface area contributed by atoms with Crippen molar-refractivity contribution in [1.29, 1.82) is 0 Å². The van der Waals surface area contributed by atoms with Gasteiger partial charge in [-0.1, -0.05) is 6.42 Å². The summed E-state index contributed by atoms with van der Waals surface area (Å²) >= 11 is 0. The number of carbonyl (C=O) groups is 5. The highest BCUT2D eigenvalue weighted by molar-refractivity contribution is 5.93. The first-order valence-electron chi connectivity index (χ1n) is 8.92. The van der Waals surface area contributed by atoms with Crippen molar-refractivity contribution >= 4 is 29.6 Å². The molecule has 0 aliphatic rings. The Morgan fingerprint density at radius 2 is 1.61 bits per heavy atom. The third-order valence-electron chi connectivity index (χ3n) is 3.78. The molecular formula is C16H30N6O6. The number of carboxylic acid groups (broad SMARTS) is 1. The Balaban J connectivity index is 4.85. The van der Waals surface area contributed by atoms with Crippen molar-refractivity contribution in [1.82, 2.24) is 16.0 Å². The molecule has 0 spiro atoms. The second kappa shape index (κ2) is 13.4. The van der Waals surface area contributed by atoms with Gasteiger partial charge >= 0.3 is 5.97 Å². The molecule has 0 saturated carbocycles. The number of amides is 4. The number of nitrogens with one attached hydrogen (secondary N) is 3. The first kappa shape index (κ1) is 25.3. The van der Waals surface area contributed by atoms with Gasteiger partial charge in [0.2, 0.25) is 23.6 Å². The third-order valence-corrected chi connectivity index (χ3v) is 3.78. The zero-order valence-electron chi connectivity index (χ0n) is 15.9. The molecule has 0 rings (SSSR count). The Morgan fingerprint density at radius 3 is 2.14 bits per heavy atom. The van der Waals surface area contributed by atoms with Gasteiger partial charge in [-0.05, 0) is 32.7 Å². The summed E-state index contributed by atoms with van der Waals surface area (Å²) in [5.74, 6) is -3.91. The summed E-state index contributed by atoms with van der Waals surface area (Å²) in [5.41, 5.74) is 16.3. The fourth-order valence-electron chi connectivity index (χ4n) is 2.17. The van der Waals surface area contributed by atoms with Crippen LogP contribution < -0.4 is 33.2 Å². The van der Waals surface area contributed by atoms with E-state index in [0.717, 1.165) is 0 Å². The van der Waals surface area contributed by atoms with E-state index in [1.807, 2.05) is 0 Å². The normalized spacial score (nSPS) is 13.7. The summed E-state index contributed by atoms with van der Waals surface area (Å²) in [6.45, 7) is 1.22. The number of rotatable bonds is 14. The van der Waals surface area contributed by atoms with Crippen molar-refractivity contribution in [3.63, 3.8) is 0 Å². The Labute approximate surface area is 162 Å². The average Bonchev–Trinajstić information content (AvgIpc) is 2.62. The Bertz CT molecular complexity index is 570. The van der Waals surface area contributed by atoms with Crippen molar-refractivity contribution in [3.05, 3.63) is 0 Å². The van der Waals surface area contributed by atoms with Crippen LogP contribution in [0.25, 0.3) is 0 Å². The van der Waals surface area contributed by atoms with E-state index in [9.17, 15) is 24.0 Å². The predicted molar refractivity (Wildman–Crippen MR) is 99.5 cm³/mol. The molecule has 3 unspecified atom stereocenters. The average molecular weight is 402 g/mol. The van der Waals surface area contributed by atoms with Crippen molar-refractivity contribution in [2.45, 2.75) is 57.2 Å². The highest BCUT2D eigenvalue weighted by atomic mass is 16.4. The number of primary amides is 1. The molecule has 3 atom stereocenters. The molecule has 28 heavy (non-hydrogen) atoms. The first-order valence-corrected chi connectivity index (χ1v) is 8.92. The van der Waals surface area contributed by atoms with E-state index in [-0.39, 0.29) is 12.8 Å². The smallest absolute Gasteiger partial charge is 0.322 e. The summed E-state index contributed by atoms with van der Waals surface area (Å²) in [6, 6.07) is -3.04. The van der Waals surface area contributed by atoms with E-state index in [4.69, 9.17) is 22.3 Å². The number of aliphatic carboxylic acids is 1. The number of unbranched alkanes of at least 4 members (excludes halogenated alkanes) is 1. The lowest BCUT2D eigenvalue weighted by Gasteiger charge is -2.22. The predicted octanol–water partition coefficient (Wildman–Crippen LogP) is -3.10. The van der Waals surface area contributed by atoms with Crippen LogP contribution in [0.15, 0.2) is 0 Å². The van der Waals surface area contributed by atoms with Crippen LogP contribution in [0.2, 0.25) is 0 Å². The summed E-state index contributed by atoms with van der Waals surface area (Å²) in [4.78, 5) is 57.8. The van der Waals surface area contributed by atoms with Crippen LogP contribution in [0.5, 0.6) is 0 Å². The van der Waals surface area contributed by atoms with Crippen molar-refractivity contribution in [2.24, 2.45) is 17.2 Å². The summed E-state index contributed by atoms with van der Waals surface area (Å²) in [5, 5.41) is 15.5. The van der Waals surface area contributed by atoms with Crippen LogP contribution >= 0.6 is 0 Å². The summed E-state index contributed by atoms with van der Waals surface area (Å²) in [6.07, 6.45) is 1.48. The molecule has 0 heterocycles. The summed E-state index contributed by atoms with van der Waals surface area (Å²) < 4.78 is 0. The van der Waals surface area contributed by atoms with Crippen LogP contribution in [-0.2, 0) is 24.0 Å². The van der Waals surface area contributed by atoms with Gasteiger partial charge in [0.05, 0.1) is 6.04 Å². The minimum absolute atomic E-state index is 0.0775. The van der Waals surface area contributed by atoms with Crippen LogP contribution in [0, 0.1) is 0 Å². The monoisotopic (exact) mass is 402 g/mol. The van der Waals surface area contributed by atoms with Gasteiger partial charge in [-0.25, -0.2) is 0 Å². The molecular weight excluding hydrogens is 372 g/mol. The fourth-order valence-corrected chi connectivity index (χ4v) is 2.17. The van der Waals surface area contributed by atoms with Gasteiger partial charge in [0.25, 0.3) is 0 Å². The molecule has 12 heteroatoms. The van der Waals surface area contributed by atoms with Crippen LogP contribution in [-0.4, -0.2) is 65.9 Å². The number of hydrogen-bond donors (Lipinski definition) is 7. The second-order valence-electron chi connectivity index (χ2n) is 6.30. The number of hydrogen-bond acceptors (Lipinski definition) is 7. The van der Waals surface area contributed by atoms with E-state index >= 15 is 0 Å². The Hall–Kier alpha value is -2.73. The Kier molecular flexibility index (Phi) is 12.1. The van der Waals surface area contributed by atoms with Crippen molar-refractivity contribution in [2.75, 3.05) is 13.1 Å². The molecule has 0 bridgehead atoms. The maximum atomic E-state index is 12.4. The molecule has 0 fully saturated rings. The topological polar surface area (TPSA) is 220 Å². The lowest BCUT2D eigenvalue weighted by atomic mass is 10.1. The van der Waals surface area contributed by atoms with E-state index in [1.165, 1.54) is 6.92 Å². The van der Waals surface area contributed by atoms with Gasteiger partial charge in [-0.15, -0.1) is 0 Å². The van der Waals surface area contributed by atoms with E-state index in [0.29, 0.717) is 25.8 Å². The SMILES string of the molecule is CC(NC(=O)C(CCC(N)=O)NC(=O)C(N)CCCCN)C(=O)NCC(=O)O. The quantitative estimate of drug-likeness (QED) is 0.147. The molecule has 160 valence electrons. The maximum Gasteiger partial charge on any atom is 0.322 e. The second-order valence-corrected chi connectivity index (χ2v) is 6.30. The minimum atomic E-state index is -1.23. The lowest BCUT2D eigenvalue weighted by Crippen LogP contribution is -2.55. The van der Waals surface area contributed by atoms with Gasteiger partial charge in [-0.2, -0.15) is 0 Å². The van der Waals surface area contributed by atoms with Crippen LogP contribution in [0.4, 0.5) is 0 Å². The Morgan fingerprint density at radius 1 is 0.964 bits per heavy atom. The molecule has 0 aromatic heterocycles. The molecule has 0 aliphatic heterocycles. The third kappa shape index (κ3) is 11.1. The van der Waals surface area contributed by atoms with E-state index in [2.05, 4.69) is 16.0 Å². The molecule has 0 radical (unpaired) electrons. The zero-order chi connectivity index (χ0) is 21.7. The highest BCUT2D eigenvalue weighted by Gasteiger charge is 2.26. The maximum absolute atomic E-state index is 12.4. The van der Waals surface area contributed by atoms with Crippen molar-refractivity contribution in [3.8, 4) is 0 Å². The van der Waals surface area contributed by atoms with Gasteiger partial charge in [0, 0.05) is 6.42 Å². The number of carboxylic acids is 1. The number of carbonyl (C=O) groups excluding carboxylic acids is 4. The largest absolute Gasteiger partial charge is 0.480 e. The molecule has 10 N–H and O–H groups in total. The fraction of sp³-hybridized carbons (Fsp3) is 0.688. The first-order chi connectivity index (χ1) is 13.1. The zero-order valence-corrected chi connectivity index (χ0v) is 15.9. The molecule has 12 nitrogen and oxygen atoms in total. The molecule has 0 aromatic carbocycles. The van der Waals surface area contributed by atoms with E-state index < -0.39 is 54.3 Å². The summed E-state index contributed by atoms with van der Waals surface area (Å²) in [7, 11) is 0. The van der Waals surface area contributed by atoms with Gasteiger partial charge in [0.15, 0.2) is 0 Å². The molecule has 4 amide bonds. The minimum Gasteiger partial charge on any atom is -0.480 e. The molecule has 0 aliphatic carbocycles. The van der Waals surface area contributed by atoms with Crippen LogP contribution in [0.3, 0.4) is 0 Å². The van der Waals surface area contributed by atoms with Gasteiger partial charge < -0.3 is 38.3 Å². The van der Waals surface area contributed by atoms with Gasteiger partial charge in [0.1, 0.15) is 18.6 Å². The van der Waals surface area contributed by atoms with Crippen LogP contribution in [0.1, 0.15) is 39.0 Å². The van der Waals surface area contributed by atoms with E-state index in [1.54, 1.807) is 0 Å².